The third-order valence-corrected chi connectivity index (χ3v) is 4.98. The van der Waals surface area contributed by atoms with Crippen LogP contribution in [-0.4, -0.2) is 22.1 Å². The van der Waals surface area contributed by atoms with Crippen LogP contribution in [0.15, 0.2) is 54.7 Å². The molecule has 0 bridgehead atoms. The minimum absolute atomic E-state index is 0.0225. The van der Waals surface area contributed by atoms with Gasteiger partial charge in [-0.25, -0.2) is 0 Å². The van der Waals surface area contributed by atoms with Gasteiger partial charge in [-0.15, -0.1) is 0 Å². The fraction of sp³-hybridized carbons (Fsp3) is 0.400. The summed E-state index contributed by atoms with van der Waals surface area (Å²) in [6.45, 7) is 3.87. The maximum atomic E-state index is 13.0. The monoisotopic (exact) mass is 324 g/mol. The lowest BCUT2D eigenvalue weighted by Crippen LogP contribution is -2.47. The summed E-state index contributed by atoms with van der Waals surface area (Å²) in [7, 11) is 0. The first-order chi connectivity index (χ1) is 11.5. The van der Waals surface area contributed by atoms with Gasteiger partial charge in [0.25, 0.3) is 0 Å². The minimum Gasteiger partial charge on any atom is -0.393 e. The molecule has 1 saturated carbocycles. The van der Waals surface area contributed by atoms with Crippen molar-refractivity contribution in [1.82, 2.24) is 10.3 Å². The molecule has 1 heterocycles. The first-order valence-electron chi connectivity index (χ1n) is 8.44. The van der Waals surface area contributed by atoms with E-state index in [-0.39, 0.29) is 24.0 Å². The van der Waals surface area contributed by atoms with Crippen LogP contribution in [0.2, 0.25) is 0 Å². The average molecular weight is 324 g/mol. The molecule has 0 unspecified atom stereocenters. The van der Waals surface area contributed by atoms with E-state index in [0.717, 1.165) is 11.3 Å². The molecule has 1 amide bonds. The Morgan fingerprint density at radius 1 is 1.17 bits per heavy atom. The van der Waals surface area contributed by atoms with Gasteiger partial charge in [-0.1, -0.05) is 36.4 Å². The highest BCUT2D eigenvalue weighted by molar-refractivity contribution is 5.87. The fourth-order valence-electron chi connectivity index (χ4n) is 3.20. The molecule has 0 saturated heterocycles. The Kier molecular flexibility index (Phi) is 4.67. The van der Waals surface area contributed by atoms with Gasteiger partial charge in [0.15, 0.2) is 0 Å². The van der Waals surface area contributed by atoms with Crippen LogP contribution in [0.1, 0.15) is 44.0 Å². The van der Waals surface area contributed by atoms with Gasteiger partial charge >= 0.3 is 0 Å². The van der Waals surface area contributed by atoms with Crippen molar-refractivity contribution in [2.75, 3.05) is 0 Å². The first-order valence-corrected chi connectivity index (χ1v) is 8.44. The number of rotatable bonds is 5. The molecule has 0 aliphatic heterocycles. The van der Waals surface area contributed by atoms with E-state index in [1.54, 1.807) is 6.20 Å². The van der Waals surface area contributed by atoms with Gasteiger partial charge in [-0.3, -0.25) is 9.78 Å². The number of carbonyl (C=O) groups excluding carboxylic acids is 1. The van der Waals surface area contributed by atoms with Crippen LogP contribution < -0.4 is 5.32 Å². The molecule has 4 heteroatoms. The molecular weight excluding hydrogens is 300 g/mol. The molecule has 1 aliphatic carbocycles. The number of aliphatic hydroxyl groups excluding tert-OH is 1. The maximum Gasteiger partial charge on any atom is 0.230 e. The molecule has 24 heavy (non-hydrogen) atoms. The second-order valence-electron chi connectivity index (χ2n) is 7.08. The molecule has 0 spiro atoms. The number of hydrogen-bond acceptors (Lipinski definition) is 3. The van der Waals surface area contributed by atoms with Gasteiger partial charge < -0.3 is 10.4 Å². The second kappa shape index (κ2) is 6.73. The van der Waals surface area contributed by atoms with Crippen LogP contribution >= 0.6 is 0 Å². The van der Waals surface area contributed by atoms with Crippen molar-refractivity contribution in [2.24, 2.45) is 5.92 Å². The number of aliphatic hydroxyl groups is 1. The smallest absolute Gasteiger partial charge is 0.230 e. The maximum absolute atomic E-state index is 13.0. The zero-order valence-corrected chi connectivity index (χ0v) is 14.1. The first kappa shape index (κ1) is 16.7. The third-order valence-electron chi connectivity index (χ3n) is 4.98. The molecule has 2 N–H and O–H groups in total. The number of pyridine rings is 1. The molecule has 1 aliphatic rings. The van der Waals surface area contributed by atoms with E-state index < -0.39 is 5.41 Å². The van der Waals surface area contributed by atoms with Gasteiger partial charge in [0.05, 0.1) is 23.3 Å². The lowest BCUT2D eigenvalue weighted by molar-refractivity contribution is -0.127. The van der Waals surface area contributed by atoms with E-state index in [4.69, 9.17) is 0 Å². The Morgan fingerprint density at radius 2 is 1.83 bits per heavy atom. The molecular formula is C20H24N2O2. The number of nitrogens with one attached hydrogen (secondary N) is 1. The number of carbonyl (C=O) groups is 1. The van der Waals surface area contributed by atoms with Gasteiger partial charge in [0, 0.05) is 6.20 Å². The van der Waals surface area contributed by atoms with E-state index in [1.807, 2.05) is 62.4 Å². The number of aromatic nitrogens is 1. The molecule has 3 rings (SSSR count). The van der Waals surface area contributed by atoms with Crippen molar-refractivity contribution in [1.29, 1.82) is 0 Å². The van der Waals surface area contributed by atoms with Crippen LogP contribution in [0.5, 0.6) is 0 Å². The Bertz CT molecular complexity index is 679. The largest absolute Gasteiger partial charge is 0.393 e. The van der Waals surface area contributed by atoms with Crippen molar-refractivity contribution in [2.45, 2.75) is 44.2 Å². The second-order valence-corrected chi connectivity index (χ2v) is 7.08. The van der Waals surface area contributed by atoms with Crippen molar-refractivity contribution in [3.05, 3.63) is 66.0 Å². The SMILES string of the molecule is CC(C)(C(=O)N[C@H](c1ccccn1)C1CC(O)C1)c1ccccc1. The van der Waals surface area contributed by atoms with Gasteiger partial charge in [-0.05, 0) is 50.3 Å². The summed E-state index contributed by atoms with van der Waals surface area (Å²) in [4.78, 5) is 17.4. The Labute approximate surface area is 142 Å². The molecule has 126 valence electrons. The van der Waals surface area contributed by atoms with Crippen LogP contribution in [0.3, 0.4) is 0 Å². The summed E-state index contributed by atoms with van der Waals surface area (Å²) in [5, 5.41) is 12.8. The number of benzene rings is 1. The zero-order valence-electron chi connectivity index (χ0n) is 14.1. The fourth-order valence-corrected chi connectivity index (χ4v) is 3.20. The molecule has 2 aromatic rings. The third kappa shape index (κ3) is 3.34. The summed E-state index contributed by atoms with van der Waals surface area (Å²) < 4.78 is 0. The van der Waals surface area contributed by atoms with Crippen molar-refractivity contribution < 1.29 is 9.90 Å². The molecule has 1 fully saturated rings. The summed E-state index contributed by atoms with van der Waals surface area (Å²) in [5.41, 5.74) is 1.21. The average Bonchev–Trinajstić information content (AvgIpc) is 2.58. The van der Waals surface area contributed by atoms with Crippen LogP contribution in [0.25, 0.3) is 0 Å². The predicted molar refractivity (Wildman–Crippen MR) is 93.3 cm³/mol. The zero-order chi connectivity index (χ0) is 17.2. The number of nitrogens with zero attached hydrogens (tertiary/aromatic N) is 1. The quantitative estimate of drug-likeness (QED) is 0.889. The summed E-state index contributed by atoms with van der Waals surface area (Å²) in [6, 6.07) is 15.4. The Morgan fingerprint density at radius 3 is 2.42 bits per heavy atom. The van der Waals surface area contributed by atoms with E-state index in [9.17, 15) is 9.90 Å². The summed E-state index contributed by atoms with van der Waals surface area (Å²) in [6.07, 6.45) is 2.88. The Balaban J connectivity index is 1.81. The van der Waals surface area contributed by atoms with Crippen LogP contribution in [0, 0.1) is 5.92 Å². The highest BCUT2D eigenvalue weighted by Gasteiger charge is 2.39. The highest BCUT2D eigenvalue weighted by Crippen LogP contribution is 2.38. The standard InChI is InChI=1S/C20H24N2O2/c1-20(2,15-8-4-3-5-9-15)19(24)22-18(14-12-16(23)13-14)17-10-6-7-11-21-17/h3-11,14,16,18,23H,12-13H2,1-2H3,(H,22,24)/t14?,16?,18-/m0/s1. The summed E-state index contributed by atoms with van der Waals surface area (Å²) >= 11 is 0. The van der Waals surface area contributed by atoms with Gasteiger partial charge in [-0.2, -0.15) is 0 Å². The molecule has 0 radical (unpaired) electrons. The minimum atomic E-state index is -0.628. The Hall–Kier alpha value is -2.20. The number of amides is 1. The van der Waals surface area contributed by atoms with E-state index >= 15 is 0 Å². The highest BCUT2D eigenvalue weighted by atomic mass is 16.3. The number of hydrogen-bond donors (Lipinski definition) is 2. The van der Waals surface area contributed by atoms with Crippen molar-refractivity contribution >= 4 is 5.91 Å². The van der Waals surface area contributed by atoms with E-state index in [1.165, 1.54) is 0 Å². The van der Waals surface area contributed by atoms with Crippen LogP contribution in [0.4, 0.5) is 0 Å². The molecule has 1 atom stereocenters. The lowest BCUT2D eigenvalue weighted by atomic mass is 9.75. The van der Waals surface area contributed by atoms with Gasteiger partial charge in [0.2, 0.25) is 5.91 Å². The van der Waals surface area contributed by atoms with E-state index in [0.29, 0.717) is 12.8 Å². The van der Waals surface area contributed by atoms with Crippen LogP contribution in [-0.2, 0) is 10.2 Å². The lowest BCUT2D eigenvalue weighted by Gasteiger charge is -2.39. The predicted octanol–water partition coefficient (Wildman–Crippen LogP) is 2.99. The molecule has 4 nitrogen and oxygen atoms in total. The molecule has 1 aromatic heterocycles. The van der Waals surface area contributed by atoms with E-state index in [2.05, 4.69) is 10.3 Å². The van der Waals surface area contributed by atoms with Gasteiger partial charge in [0.1, 0.15) is 0 Å². The molecule has 1 aromatic carbocycles. The topological polar surface area (TPSA) is 62.2 Å². The van der Waals surface area contributed by atoms with Crippen molar-refractivity contribution in [3.63, 3.8) is 0 Å². The normalized spacial score (nSPS) is 21.6. The summed E-state index contributed by atoms with van der Waals surface area (Å²) in [5.74, 6) is 0.205. The van der Waals surface area contributed by atoms with Crippen molar-refractivity contribution in [3.8, 4) is 0 Å².